The fourth-order valence-corrected chi connectivity index (χ4v) is 1.96. The van der Waals surface area contributed by atoms with Gasteiger partial charge in [-0.25, -0.2) is 0 Å². The minimum atomic E-state index is -1.95. The van der Waals surface area contributed by atoms with Crippen LogP contribution in [0.25, 0.3) is 0 Å². The minimum Gasteiger partial charge on any atom is -0.395 e. The normalized spacial score (nSPS) is 12.0. The second-order valence-corrected chi connectivity index (χ2v) is 4.84. The Morgan fingerprint density at radius 3 is 1.78 bits per heavy atom. The second kappa shape index (κ2) is 4.03. The van der Waals surface area contributed by atoms with Gasteiger partial charge in [0.1, 0.15) is 0 Å². The maximum absolute atomic E-state index is 5.28. The van der Waals surface area contributed by atoms with Gasteiger partial charge in [-0.2, -0.15) is 0 Å². The van der Waals surface area contributed by atoms with E-state index in [0.717, 1.165) is 0 Å². The molecular weight excluding hydrogens is 132 g/mol. The van der Waals surface area contributed by atoms with Crippen molar-refractivity contribution in [2.24, 2.45) is 0 Å². The third-order valence-electron chi connectivity index (χ3n) is 0.899. The van der Waals surface area contributed by atoms with Crippen molar-refractivity contribution < 1.29 is 8.85 Å². The predicted molar refractivity (Wildman–Crippen MR) is 40.2 cm³/mol. The van der Waals surface area contributed by atoms with Gasteiger partial charge in [0.25, 0.3) is 0 Å². The lowest BCUT2D eigenvalue weighted by molar-refractivity contribution is 0.200. The fraction of sp³-hybridized carbons (Fsp3) is 0.833. The van der Waals surface area contributed by atoms with Crippen LogP contribution in [-0.2, 0) is 8.85 Å². The molecule has 3 heteroatoms. The summed E-state index contributed by atoms with van der Waals surface area (Å²) in [6.07, 6.45) is 0. The van der Waals surface area contributed by atoms with Crippen molar-refractivity contribution in [3.05, 3.63) is 6.55 Å². The molecule has 1 radical (unpaired) electrons. The number of hydrogen-bond acceptors (Lipinski definition) is 2. The zero-order chi connectivity index (χ0) is 7.33. The van der Waals surface area contributed by atoms with Crippen LogP contribution in [0.2, 0.25) is 6.55 Å². The molecule has 0 atom stereocenters. The molecule has 0 spiro atoms. The van der Waals surface area contributed by atoms with E-state index in [2.05, 4.69) is 6.55 Å². The molecule has 0 saturated heterocycles. The lowest BCUT2D eigenvalue weighted by Crippen LogP contribution is -2.35. The van der Waals surface area contributed by atoms with Crippen molar-refractivity contribution in [1.82, 2.24) is 0 Å². The van der Waals surface area contributed by atoms with Gasteiger partial charge in [0.15, 0.2) is 0 Å². The first-order valence-corrected chi connectivity index (χ1v) is 5.78. The molecule has 55 valence electrons. The minimum absolute atomic E-state index is 0.701. The van der Waals surface area contributed by atoms with Gasteiger partial charge in [-0.15, -0.1) is 0 Å². The van der Waals surface area contributed by atoms with Crippen LogP contribution in [0, 0.1) is 6.55 Å². The summed E-state index contributed by atoms with van der Waals surface area (Å²) in [4.78, 5) is 0. The lowest BCUT2D eigenvalue weighted by Gasteiger charge is -2.20. The summed E-state index contributed by atoms with van der Waals surface area (Å²) in [6, 6.07) is 0. The highest BCUT2D eigenvalue weighted by Gasteiger charge is 2.22. The highest BCUT2D eigenvalue weighted by Crippen LogP contribution is 2.03. The molecule has 0 aromatic heterocycles. The van der Waals surface area contributed by atoms with E-state index in [-0.39, 0.29) is 0 Å². The van der Waals surface area contributed by atoms with E-state index < -0.39 is 8.56 Å². The maximum atomic E-state index is 5.28. The van der Waals surface area contributed by atoms with E-state index in [4.69, 9.17) is 8.85 Å². The van der Waals surface area contributed by atoms with E-state index >= 15 is 0 Å². The van der Waals surface area contributed by atoms with Gasteiger partial charge in [-0.1, -0.05) is 0 Å². The molecule has 0 fully saturated rings. The van der Waals surface area contributed by atoms with Crippen LogP contribution in [0.4, 0.5) is 0 Å². The first-order chi connectivity index (χ1) is 4.12. The molecule has 0 unspecified atom stereocenters. The molecular formula is C6H15O2Si. The summed E-state index contributed by atoms with van der Waals surface area (Å²) in [5, 5.41) is 0. The van der Waals surface area contributed by atoms with Gasteiger partial charge in [0.05, 0.1) is 0 Å². The summed E-state index contributed by atoms with van der Waals surface area (Å²) in [6.45, 7) is 11.1. The molecule has 0 saturated carbocycles. The molecule has 0 rings (SSSR count). The maximum Gasteiger partial charge on any atom is 0.334 e. The molecule has 0 aliphatic heterocycles. The summed E-state index contributed by atoms with van der Waals surface area (Å²) in [5.74, 6) is 0. The first-order valence-electron chi connectivity index (χ1n) is 3.25. The van der Waals surface area contributed by atoms with Crippen LogP contribution in [-0.4, -0.2) is 21.8 Å². The third-order valence-corrected chi connectivity index (χ3v) is 2.70. The second-order valence-electron chi connectivity index (χ2n) is 2.00. The highest BCUT2D eigenvalue weighted by atomic mass is 28.4. The summed E-state index contributed by atoms with van der Waals surface area (Å²) >= 11 is 0. The number of rotatable bonds is 4. The quantitative estimate of drug-likeness (QED) is 0.561. The molecule has 0 bridgehead atoms. The Hall–Kier alpha value is 0.137. The Morgan fingerprint density at radius 1 is 1.22 bits per heavy atom. The van der Waals surface area contributed by atoms with Crippen LogP contribution in [0.1, 0.15) is 13.8 Å². The van der Waals surface area contributed by atoms with E-state index in [1.165, 1.54) is 0 Å². The lowest BCUT2D eigenvalue weighted by atomic mass is 10.9. The van der Waals surface area contributed by atoms with E-state index in [9.17, 15) is 0 Å². The van der Waals surface area contributed by atoms with Crippen molar-refractivity contribution in [1.29, 1.82) is 0 Å². The average molecular weight is 147 g/mol. The van der Waals surface area contributed by atoms with Crippen LogP contribution >= 0.6 is 0 Å². The van der Waals surface area contributed by atoms with Gasteiger partial charge >= 0.3 is 8.56 Å². The Bertz CT molecular complexity index is 65.5. The largest absolute Gasteiger partial charge is 0.395 e. The zero-order valence-electron chi connectivity index (χ0n) is 6.44. The van der Waals surface area contributed by atoms with Crippen LogP contribution in [0.3, 0.4) is 0 Å². The Balaban J connectivity index is 3.43. The first kappa shape index (κ1) is 9.14. The molecule has 0 aliphatic carbocycles. The smallest absolute Gasteiger partial charge is 0.334 e. The van der Waals surface area contributed by atoms with Gasteiger partial charge in [0.2, 0.25) is 0 Å². The van der Waals surface area contributed by atoms with Gasteiger partial charge < -0.3 is 8.85 Å². The zero-order valence-corrected chi connectivity index (χ0v) is 7.44. The van der Waals surface area contributed by atoms with Crippen molar-refractivity contribution >= 4 is 8.56 Å². The summed E-state index contributed by atoms with van der Waals surface area (Å²) in [7, 11) is -1.95. The molecule has 0 aromatic rings. The molecule has 0 N–H and O–H groups in total. The van der Waals surface area contributed by atoms with Crippen molar-refractivity contribution in [3.63, 3.8) is 0 Å². The summed E-state index contributed by atoms with van der Waals surface area (Å²) in [5.41, 5.74) is 0. The summed E-state index contributed by atoms with van der Waals surface area (Å²) < 4.78 is 10.6. The molecule has 2 nitrogen and oxygen atoms in total. The van der Waals surface area contributed by atoms with E-state index in [1.807, 2.05) is 20.4 Å². The Morgan fingerprint density at radius 2 is 1.56 bits per heavy atom. The standard InChI is InChI=1S/C6H15O2Si/c1-5-7-9(3,4)8-6-2/h3,5-6H2,1-2,4H3. The SMILES string of the molecule is [CH2][Si](C)(OCC)OCC. The molecule has 0 aliphatic rings. The molecule has 0 amide bonds. The Kier molecular flexibility index (Phi) is 4.09. The highest BCUT2D eigenvalue weighted by molar-refractivity contribution is 6.67. The molecule has 9 heavy (non-hydrogen) atoms. The van der Waals surface area contributed by atoms with Crippen molar-refractivity contribution in [3.8, 4) is 0 Å². The van der Waals surface area contributed by atoms with Crippen LogP contribution in [0.15, 0.2) is 0 Å². The van der Waals surface area contributed by atoms with E-state index in [1.54, 1.807) is 0 Å². The van der Waals surface area contributed by atoms with Crippen LogP contribution < -0.4 is 0 Å². The average Bonchev–Trinajstić information content (AvgIpc) is 1.64. The molecule has 0 heterocycles. The monoisotopic (exact) mass is 147 g/mol. The van der Waals surface area contributed by atoms with Gasteiger partial charge in [-0.3, -0.25) is 0 Å². The number of hydrogen-bond donors (Lipinski definition) is 0. The van der Waals surface area contributed by atoms with Crippen molar-refractivity contribution in [2.45, 2.75) is 20.4 Å². The van der Waals surface area contributed by atoms with Crippen molar-refractivity contribution in [2.75, 3.05) is 13.2 Å². The predicted octanol–water partition coefficient (Wildman–Crippen LogP) is 1.50. The third kappa shape index (κ3) is 4.63. The van der Waals surface area contributed by atoms with Gasteiger partial charge in [0, 0.05) is 13.2 Å². The fourth-order valence-electron chi connectivity index (χ4n) is 0.652. The van der Waals surface area contributed by atoms with Gasteiger partial charge in [-0.05, 0) is 26.9 Å². The van der Waals surface area contributed by atoms with E-state index in [0.29, 0.717) is 13.2 Å². The van der Waals surface area contributed by atoms with Crippen LogP contribution in [0.5, 0.6) is 0 Å². The topological polar surface area (TPSA) is 18.5 Å². The molecule has 0 aromatic carbocycles. The Labute approximate surface area is 58.4 Å².